The first-order valence-electron chi connectivity index (χ1n) is 6.53. The van der Waals surface area contributed by atoms with E-state index in [1.165, 1.54) is 12.1 Å². The van der Waals surface area contributed by atoms with Crippen molar-refractivity contribution < 1.29 is 9.66 Å². The number of hydrogen-bond donors (Lipinski definition) is 0. The van der Waals surface area contributed by atoms with Crippen LogP contribution in [0.1, 0.15) is 5.56 Å². The summed E-state index contributed by atoms with van der Waals surface area (Å²) in [5.74, 6) is 0.575. The molecule has 0 aliphatic heterocycles. The van der Waals surface area contributed by atoms with Crippen LogP contribution in [-0.2, 0) is 6.73 Å². The van der Waals surface area contributed by atoms with Crippen LogP contribution in [0.5, 0.6) is 5.75 Å². The van der Waals surface area contributed by atoms with E-state index in [1.807, 2.05) is 18.3 Å². The summed E-state index contributed by atoms with van der Waals surface area (Å²) in [6.07, 6.45) is 1.81. The molecule has 3 aromatic rings. The lowest BCUT2D eigenvalue weighted by Crippen LogP contribution is -2.04. The minimum absolute atomic E-state index is 0.0407. The third kappa shape index (κ3) is 2.60. The zero-order chi connectivity index (χ0) is 15.5. The van der Waals surface area contributed by atoms with E-state index in [-0.39, 0.29) is 12.4 Å². The van der Waals surface area contributed by atoms with Crippen molar-refractivity contribution in [3.05, 3.63) is 70.4 Å². The number of nitrogens with zero attached hydrogens (tertiary/aromatic N) is 3. The normalized spacial score (nSPS) is 10.3. The summed E-state index contributed by atoms with van der Waals surface area (Å²) in [5, 5.41) is 20.6. The molecular weight excluding hydrogens is 282 g/mol. The highest BCUT2D eigenvalue weighted by atomic mass is 16.6. The van der Waals surface area contributed by atoms with Crippen LogP contribution in [0.4, 0.5) is 5.69 Å². The number of nitriles is 1. The van der Waals surface area contributed by atoms with E-state index in [4.69, 9.17) is 10.00 Å². The molecule has 0 saturated heterocycles. The molecule has 0 radical (unpaired) electrons. The van der Waals surface area contributed by atoms with Gasteiger partial charge in [-0.15, -0.1) is 0 Å². The van der Waals surface area contributed by atoms with Crippen LogP contribution in [-0.4, -0.2) is 9.49 Å². The van der Waals surface area contributed by atoms with Gasteiger partial charge in [-0.05, 0) is 30.3 Å². The van der Waals surface area contributed by atoms with E-state index in [9.17, 15) is 10.1 Å². The molecule has 6 heteroatoms. The van der Waals surface area contributed by atoms with Gasteiger partial charge in [-0.1, -0.05) is 6.07 Å². The number of nitro benzene ring substituents is 1. The molecule has 0 amide bonds. The first-order chi connectivity index (χ1) is 10.7. The Morgan fingerprint density at radius 1 is 1.23 bits per heavy atom. The van der Waals surface area contributed by atoms with Crippen LogP contribution in [0.25, 0.3) is 10.9 Å². The van der Waals surface area contributed by atoms with Crippen LogP contribution < -0.4 is 4.74 Å². The molecule has 108 valence electrons. The molecule has 0 bridgehead atoms. The Hall–Kier alpha value is -3.33. The summed E-state index contributed by atoms with van der Waals surface area (Å²) in [6, 6.07) is 15.5. The van der Waals surface area contributed by atoms with E-state index < -0.39 is 4.92 Å². The quantitative estimate of drug-likeness (QED) is 0.545. The average Bonchev–Trinajstić information content (AvgIpc) is 2.95. The van der Waals surface area contributed by atoms with Gasteiger partial charge in [0, 0.05) is 23.7 Å². The van der Waals surface area contributed by atoms with E-state index in [0.717, 1.165) is 10.9 Å². The highest BCUT2D eigenvalue weighted by Crippen LogP contribution is 2.22. The lowest BCUT2D eigenvalue weighted by atomic mass is 10.2. The van der Waals surface area contributed by atoms with Gasteiger partial charge >= 0.3 is 0 Å². The van der Waals surface area contributed by atoms with Gasteiger partial charge in [0.25, 0.3) is 5.69 Å². The maximum absolute atomic E-state index is 10.9. The van der Waals surface area contributed by atoms with E-state index in [0.29, 0.717) is 11.3 Å². The van der Waals surface area contributed by atoms with Crippen molar-refractivity contribution in [2.24, 2.45) is 0 Å². The van der Waals surface area contributed by atoms with Crippen LogP contribution in [0.3, 0.4) is 0 Å². The van der Waals surface area contributed by atoms with E-state index in [1.54, 1.807) is 34.9 Å². The summed E-state index contributed by atoms with van der Waals surface area (Å²) < 4.78 is 7.42. The third-order valence-electron chi connectivity index (χ3n) is 3.30. The first-order valence-corrected chi connectivity index (χ1v) is 6.53. The molecule has 0 aliphatic carbocycles. The van der Waals surface area contributed by atoms with Crippen LogP contribution >= 0.6 is 0 Å². The molecule has 22 heavy (non-hydrogen) atoms. The van der Waals surface area contributed by atoms with Crippen molar-refractivity contribution in [3.63, 3.8) is 0 Å². The largest absolute Gasteiger partial charge is 0.473 e. The van der Waals surface area contributed by atoms with E-state index in [2.05, 4.69) is 0 Å². The molecular formula is C16H11N3O3. The number of rotatable bonds is 4. The summed E-state index contributed by atoms with van der Waals surface area (Å²) in [6.45, 7) is 0.208. The number of hydrogen-bond acceptors (Lipinski definition) is 4. The zero-order valence-corrected chi connectivity index (χ0v) is 11.5. The molecule has 0 atom stereocenters. The number of aromatic nitrogens is 1. The van der Waals surface area contributed by atoms with Crippen LogP contribution in [0.2, 0.25) is 0 Å². The molecule has 1 aromatic heterocycles. The minimum atomic E-state index is -0.423. The smallest absolute Gasteiger partial charge is 0.271 e. The Bertz CT molecular complexity index is 893. The van der Waals surface area contributed by atoms with Gasteiger partial charge in [0.15, 0.2) is 6.73 Å². The fourth-order valence-corrected chi connectivity index (χ4v) is 2.20. The number of fused-ring (bicyclic) bond motifs is 1. The number of non-ortho nitro benzene ring substituents is 1. The standard InChI is InChI=1S/C16H11N3O3/c17-10-12-2-1-3-15(8-12)22-11-18-7-6-13-4-5-14(19(20)21)9-16(13)18/h1-9H,11H2. The fourth-order valence-electron chi connectivity index (χ4n) is 2.20. The Labute approximate surface area is 125 Å². The van der Waals surface area contributed by atoms with Crippen molar-refractivity contribution in [3.8, 4) is 11.8 Å². The molecule has 0 aliphatic rings. The maximum atomic E-state index is 10.9. The van der Waals surface area contributed by atoms with Crippen molar-refractivity contribution in [2.75, 3.05) is 0 Å². The second kappa shape index (κ2) is 5.58. The molecule has 0 unspecified atom stereocenters. The highest BCUT2D eigenvalue weighted by molar-refractivity contribution is 5.82. The van der Waals surface area contributed by atoms with Crippen molar-refractivity contribution in [1.29, 1.82) is 5.26 Å². The minimum Gasteiger partial charge on any atom is -0.473 e. The average molecular weight is 293 g/mol. The molecule has 1 heterocycles. The monoisotopic (exact) mass is 293 g/mol. The highest BCUT2D eigenvalue weighted by Gasteiger charge is 2.09. The summed E-state index contributed by atoms with van der Waals surface area (Å²) >= 11 is 0. The van der Waals surface area contributed by atoms with Crippen LogP contribution in [0, 0.1) is 21.4 Å². The molecule has 6 nitrogen and oxygen atoms in total. The second-order valence-corrected chi connectivity index (χ2v) is 4.70. The van der Waals surface area contributed by atoms with Crippen molar-refractivity contribution in [1.82, 2.24) is 4.57 Å². The van der Waals surface area contributed by atoms with Gasteiger partial charge in [-0.2, -0.15) is 5.26 Å². The lowest BCUT2D eigenvalue weighted by Gasteiger charge is -2.08. The SMILES string of the molecule is N#Cc1cccc(OCn2ccc3ccc([N+](=O)[O-])cc32)c1. The van der Waals surface area contributed by atoms with Crippen molar-refractivity contribution in [2.45, 2.75) is 6.73 Å². The van der Waals surface area contributed by atoms with Gasteiger partial charge in [-0.3, -0.25) is 10.1 Å². The number of nitro groups is 1. The molecule has 0 spiro atoms. The third-order valence-corrected chi connectivity index (χ3v) is 3.30. The topological polar surface area (TPSA) is 81.1 Å². The predicted octanol–water partition coefficient (Wildman–Crippen LogP) is 3.46. The number of ether oxygens (including phenoxy) is 1. The summed E-state index contributed by atoms with van der Waals surface area (Å²) in [5.41, 5.74) is 1.29. The first kappa shape index (κ1) is 13.6. The Morgan fingerprint density at radius 2 is 2.09 bits per heavy atom. The van der Waals surface area contributed by atoms with Gasteiger partial charge in [0.05, 0.1) is 22.1 Å². The Morgan fingerprint density at radius 3 is 2.86 bits per heavy atom. The molecule has 0 fully saturated rings. The predicted molar refractivity (Wildman–Crippen MR) is 80.4 cm³/mol. The maximum Gasteiger partial charge on any atom is 0.271 e. The summed E-state index contributed by atoms with van der Waals surface area (Å²) in [4.78, 5) is 10.4. The molecule has 2 aromatic carbocycles. The molecule has 0 N–H and O–H groups in total. The summed E-state index contributed by atoms with van der Waals surface area (Å²) in [7, 11) is 0. The number of benzene rings is 2. The second-order valence-electron chi connectivity index (χ2n) is 4.70. The van der Waals surface area contributed by atoms with Gasteiger partial charge in [0.1, 0.15) is 5.75 Å². The van der Waals surface area contributed by atoms with Gasteiger partial charge in [0.2, 0.25) is 0 Å². The zero-order valence-electron chi connectivity index (χ0n) is 11.5. The van der Waals surface area contributed by atoms with Gasteiger partial charge in [-0.25, -0.2) is 0 Å². The van der Waals surface area contributed by atoms with Gasteiger partial charge < -0.3 is 9.30 Å². The Kier molecular flexibility index (Phi) is 3.46. The lowest BCUT2D eigenvalue weighted by molar-refractivity contribution is -0.384. The Balaban J connectivity index is 1.86. The molecule has 3 rings (SSSR count). The molecule has 0 saturated carbocycles. The fraction of sp³-hybridized carbons (Fsp3) is 0.0625. The van der Waals surface area contributed by atoms with Crippen molar-refractivity contribution >= 4 is 16.6 Å². The van der Waals surface area contributed by atoms with E-state index >= 15 is 0 Å². The van der Waals surface area contributed by atoms with Crippen LogP contribution in [0.15, 0.2) is 54.7 Å².